The number of fused-ring (bicyclic) bond motifs is 1. The van der Waals surface area contributed by atoms with Gasteiger partial charge < -0.3 is 9.88 Å². The van der Waals surface area contributed by atoms with Crippen molar-refractivity contribution in [2.24, 2.45) is 0 Å². The monoisotopic (exact) mass is 269 g/mol. The van der Waals surface area contributed by atoms with Crippen molar-refractivity contribution in [1.29, 1.82) is 0 Å². The van der Waals surface area contributed by atoms with E-state index in [0.717, 1.165) is 12.1 Å². The number of allylic oxidation sites excluding steroid dienone is 1. The van der Waals surface area contributed by atoms with Gasteiger partial charge in [0.25, 0.3) is 0 Å². The number of para-hydroxylation sites is 2. The van der Waals surface area contributed by atoms with Crippen LogP contribution >= 0.6 is 0 Å². The number of aromatic nitrogens is 2. The van der Waals surface area contributed by atoms with Gasteiger partial charge in [0.2, 0.25) is 0 Å². The van der Waals surface area contributed by atoms with Gasteiger partial charge >= 0.3 is 0 Å². The lowest BCUT2D eigenvalue weighted by Crippen LogP contribution is -2.32. The van der Waals surface area contributed by atoms with Crippen LogP contribution < -0.4 is 5.32 Å². The Hall–Kier alpha value is -1.61. The Bertz CT molecular complexity index is 597. The van der Waals surface area contributed by atoms with E-state index >= 15 is 0 Å². The molecule has 0 amide bonds. The van der Waals surface area contributed by atoms with Crippen molar-refractivity contribution in [2.75, 3.05) is 7.05 Å². The highest BCUT2D eigenvalue weighted by atomic mass is 15.1. The maximum absolute atomic E-state index is 4.49. The van der Waals surface area contributed by atoms with Crippen molar-refractivity contribution in [2.45, 2.75) is 44.7 Å². The van der Waals surface area contributed by atoms with Crippen LogP contribution in [-0.4, -0.2) is 22.6 Å². The van der Waals surface area contributed by atoms with Crippen molar-refractivity contribution < 1.29 is 0 Å². The number of hydrogen-bond donors (Lipinski definition) is 1. The highest BCUT2D eigenvalue weighted by molar-refractivity contribution is 5.74. The minimum absolute atomic E-state index is 0.422. The molecule has 0 bridgehead atoms. The fourth-order valence-electron chi connectivity index (χ4n) is 3.10. The van der Waals surface area contributed by atoms with Crippen molar-refractivity contribution in [3.63, 3.8) is 0 Å². The number of imidazole rings is 1. The smallest absolute Gasteiger partial charge is 0.0958 e. The van der Waals surface area contributed by atoms with Crippen molar-refractivity contribution in [3.05, 3.63) is 42.2 Å². The van der Waals surface area contributed by atoms with Crippen molar-refractivity contribution in [3.8, 4) is 0 Å². The molecule has 1 aliphatic rings. The molecule has 1 heterocycles. The molecular weight excluding hydrogens is 246 g/mol. The van der Waals surface area contributed by atoms with Gasteiger partial charge in [-0.3, -0.25) is 0 Å². The van der Waals surface area contributed by atoms with Gasteiger partial charge in [-0.1, -0.05) is 30.2 Å². The van der Waals surface area contributed by atoms with Crippen LogP contribution in [0.15, 0.2) is 42.2 Å². The van der Waals surface area contributed by atoms with E-state index in [-0.39, 0.29) is 0 Å². The Labute approximate surface area is 120 Å². The van der Waals surface area contributed by atoms with Crippen LogP contribution in [-0.2, 0) is 6.54 Å². The first-order valence-corrected chi connectivity index (χ1v) is 7.64. The predicted molar refractivity (Wildman–Crippen MR) is 83.7 cm³/mol. The third-order valence-electron chi connectivity index (χ3n) is 4.28. The molecule has 3 heteroatoms. The average Bonchev–Trinajstić information content (AvgIpc) is 2.71. The molecule has 20 heavy (non-hydrogen) atoms. The van der Waals surface area contributed by atoms with Gasteiger partial charge in [-0.15, -0.1) is 0 Å². The molecule has 1 atom stereocenters. The number of likely N-dealkylation sites (N-methyl/N-ethyl adjacent to an activating group) is 1. The molecule has 0 spiro atoms. The lowest BCUT2D eigenvalue weighted by molar-refractivity contribution is 0.524. The number of rotatable bonds is 4. The number of nitrogens with one attached hydrogen (secondary N) is 1. The number of nitrogens with zero attached hydrogens (tertiary/aromatic N) is 2. The van der Waals surface area contributed by atoms with E-state index in [2.05, 4.69) is 46.2 Å². The van der Waals surface area contributed by atoms with Crippen LogP contribution in [0.2, 0.25) is 0 Å². The van der Waals surface area contributed by atoms with E-state index < -0.39 is 0 Å². The molecule has 1 aliphatic carbocycles. The van der Waals surface area contributed by atoms with E-state index in [1.165, 1.54) is 37.6 Å². The molecule has 1 aromatic heterocycles. The zero-order valence-corrected chi connectivity index (χ0v) is 12.2. The van der Waals surface area contributed by atoms with Crippen LogP contribution in [0.25, 0.3) is 11.0 Å². The Balaban J connectivity index is 1.82. The van der Waals surface area contributed by atoms with Crippen LogP contribution in [0.1, 0.15) is 32.1 Å². The average molecular weight is 269 g/mol. The van der Waals surface area contributed by atoms with Gasteiger partial charge in [0.05, 0.1) is 17.4 Å². The molecule has 0 saturated heterocycles. The third kappa shape index (κ3) is 2.78. The van der Waals surface area contributed by atoms with E-state index in [4.69, 9.17) is 0 Å². The Morgan fingerprint density at radius 2 is 2.15 bits per heavy atom. The van der Waals surface area contributed by atoms with Gasteiger partial charge in [0.15, 0.2) is 0 Å². The standard InChI is InChI=1S/C17H23N3/c1-18-16(14-8-4-2-3-5-9-14)12-20-13-19-15-10-6-7-11-17(15)20/h6-8,10-11,13,16,18H,2-5,9,12H2,1H3. The number of hydrogen-bond acceptors (Lipinski definition) is 2. The summed E-state index contributed by atoms with van der Waals surface area (Å²) >= 11 is 0. The van der Waals surface area contributed by atoms with E-state index in [1.54, 1.807) is 5.57 Å². The Morgan fingerprint density at radius 3 is 3.05 bits per heavy atom. The molecule has 0 fully saturated rings. The zero-order valence-electron chi connectivity index (χ0n) is 12.2. The van der Waals surface area contributed by atoms with Crippen LogP contribution in [0.4, 0.5) is 0 Å². The minimum Gasteiger partial charge on any atom is -0.329 e. The lowest BCUT2D eigenvalue weighted by atomic mass is 10.0. The molecule has 1 aromatic carbocycles. The van der Waals surface area contributed by atoms with Crippen molar-refractivity contribution in [1.82, 2.24) is 14.9 Å². The summed E-state index contributed by atoms with van der Waals surface area (Å²) in [6.07, 6.45) is 10.9. The van der Waals surface area contributed by atoms with E-state index in [0.29, 0.717) is 6.04 Å². The van der Waals surface area contributed by atoms with Crippen LogP contribution in [0, 0.1) is 0 Å². The first-order chi connectivity index (χ1) is 9.88. The summed E-state index contributed by atoms with van der Waals surface area (Å²) in [5.74, 6) is 0. The maximum Gasteiger partial charge on any atom is 0.0958 e. The van der Waals surface area contributed by atoms with Gasteiger partial charge in [-0.25, -0.2) is 4.98 Å². The fourth-order valence-corrected chi connectivity index (χ4v) is 3.10. The van der Waals surface area contributed by atoms with E-state index in [1.807, 2.05) is 12.4 Å². The lowest BCUT2D eigenvalue weighted by Gasteiger charge is -2.20. The Morgan fingerprint density at radius 1 is 1.25 bits per heavy atom. The topological polar surface area (TPSA) is 29.9 Å². The van der Waals surface area contributed by atoms with Gasteiger partial charge in [-0.05, 0) is 44.9 Å². The Kier molecular flexibility index (Phi) is 4.16. The predicted octanol–water partition coefficient (Wildman–Crippen LogP) is 3.51. The molecule has 0 saturated carbocycles. The second kappa shape index (κ2) is 6.23. The molecule has 1 unspecified atom stereocenters. The van der Waals surface area contributed by atoms with Gasteiger partial charge in [-0.2, -0.15) is 0 Å². The first kappa shape index (κ1) is 13.4. The maximum atomic E-state index is 4.49. The molecular formula is C17H23N3. The summed E-state index contributed by atoms with van der Waals surface area (Å²) in [5.41, 5.74) is 3.88. The van der Waals surface area contributed by atoms with Crippen LogP contribution in [0.5, 0.6) is 0 Å². The SMILES string of the molecule is CNC(Cn1cnc2ccccc21)C1=CCCCCC1. The molecule has 0 radical (unpaired) electrons. The fraction of sp³-hybridized carbons (Fsp3) is 0.471. The molecule has 3 rings (SSSR count). The van der Waals surface area contributed by atoms with E-state index in [9.17, 15) is 0 Å². The van der Waals surface area contributed by atoms with Gasteiger partial charge in [0, 0.05) is 12.6 Å². The summed E-state index contributed by atoms with van der Waals surface area (Å²) in [7, 11) is 2.06. The summed E-state index contributed by atoms with van der Waals surface area (Å²) < 4.78 is 2.27. The highest BCUT2D eigenvalue weighted by Crippen LogP contribution is 2.22. The zero-order chi connectivity index (χ0) is 13.8. The largest absolute Gasteiger partial charge is 0.329 e. The number of benzene rings is 1. The summed E-state index contributed by atoms with van der Waals surface area (Å²) in [6.45, 7) is 0.961. The second-order valence-electron chi connectivity index (χ2n) is 5.61. The molecule has 3 nitrogen and oxygen atoms in total. The van der Waals surface area contributed by atoms with Crippen molar-refractivity contribution >= 4 is 11.0 Å². The highest BCUT2D eigenvalue weighted by Gasteiger charge is 2.15. The summed E-state index contributed by atoms with van der Waals surface area (Å²) in [6, 6.07) is 8.77. The normalized spacial score (nSPS) is 17.8. The minimum atomic E-state index is 0.422. The molecule has 1 N–H and O–H groups in total. The second-order valence-corrected chi connectivity index (χ2v) is 5.61. The van der Waals surface area contributed by atoms with Gasteiger partial charge in [0.1, 0.15) is 0 Å². The summed E-state index contributed by atoms with van der Waals surface area (Å²) in [5, 5.41) is 3.49. The summed E-state index contributed by atoms with van der Waals surface area (Å²) in [4.78, 5) is 4.49. The van der Waals surface area contributed by atoms with Crippen LogP contribution in [0.3, 0.4) is 0 Å². The molecule has 0 aliphatic heterocycles. The quantitative estimate of drug-likeness (QED) is 0.861. The molecule has 2 aromatic rings. The first-order valence-electron chi connectivity index (χ1n) is 7.64. The molecule has 106 valence electrons. The third-order valence-corrected chi connectivity index (χ3v) is 4.28.